The minimum absolute atomic E-state index is 0.360. The molecule has 2 heteroatoms. The minimum Gasteiger partial charge on any atom is -0.468 e. The Kier molecular flexibility index (Phi) is 2.32. The number of piperidine rings is 1. The number of aliphatic hydroxyl groups is 1. The van der Waals surface area contributed by atoms with E-state index in [0.29, 0.717) is 0 Å². The van der Waals surface area contributed by atoms with Crippen molar-refractivity contribution in [2.75, 3.05) is 13.1 Å². The van der Waals surface area contributed by atoms with Gasteiger partial charge in [-0.1, -0.05) is 6.92 Å². The van der Waals surface area contributed by atoms with Crippen LogP contribution in [-0.2, 0) is 0 Å². The zero-order valence-electron chi connectivity index (χ0n) is 6.69. The topological polar surface area (TPSA) is 24.7 Å². The summed E-state index contributed by atoms with van der Waals surface area (Å²) < 4.78 is 0. The van der Waals surface area contributed by atoms with E-state index < -0.39 is 0 Å². The van der Waals surface area contributed by atoms with Gasteiger partial charge in [0.15, 0.2) is 0 Å². The van der Waals surface area contributed by atoms with Crippen LogP contribution in [0.2, 0.25) is 0 Å². The smallest absolute Gasteiger partial charge is 0.0750 e. The lowest BCUT2D eigenvalue weighted by Crippen LogP contribution is -3.08. The molecular weight excluding hydrogens is 126 g/mol. The van der Waals surface area contributed by atoms with Gasteiger partial charge in [0.1, 0.15) is 0 Å². The van der Waals surface area contributed by atoms with E-state index in [4.69, 9.17) is 0 Å². The highest BCUT2D eigenvalue weighted by Gasteiger charge is 2.29. The van der Waals surface area contributed by atoms with Gasteiger partial charge >= 0.3 is 0 Å². The number of hydrogen-bond donors (Lipinski definition) is 2. The van der Waals surface area contributed by atoms with Crippen molar-refractivity contribution in [1.29, 1.82) is 0 Å². The summed E-state index contributed by atoms with van der Waals surface area (Å²) in [5.74, 6) is 0. The molecule has 0 unspecified atom stereocenters. The zero-order chi connectivity index (χ0) is 7.61. The predicted molar refractivity (Wildman–Crippen MR) is 40.5 cm³/mol. The minimum atomic E-state index is -0.360. The van der Waals surface area contributed by atoms with E-state index in [0.717, 1.165) is 32.4 Å². The van der Waals surface area contributed by atoms with E-state index in [9.17, 15) is 5.11 Å². The Labute approximate surface area is 62.8 Å². The van der Waals surface area contributed by atoms with E-state index in [1.807, 2.05) is 6.92 Å². The SMILES string of the molecule is [CH2-][NH+]1CCC(O)(CC)CC1. The fourth-order valence-electron chi connectivity index (χ4n) is 1.42. The maximum absolute atomic E-state index is 9.76. The summed E-state index contributed by atoms with van der Waals surface area (Å²) in [6.07, 6.45) is 2.73. The van der Waals surface area contributed by atoms with Crippen LogP contribution >= 0.6 is 0 Å². The lowest BCUT2D eigenvalue weighted by Gasteiger charge is -2.36. The first-order valence-electron chi connectivity index (χ1n) is 4.05. The van der Waals surface area contributed by atoms with Gasteiger partial charge in [0, 0.05) is 12.8 Å². The lowest BCUT2D eigenvalue weighted by molar-refractivity contribution is -0.862. The average Bonchev–Trinajstić information content (AvgIpc) is 1.96. The molecule has 10 heavy (non-hydrogen) atoms. The molecule has 0 radical (unpaired) electrons. The van der Waals surface area contributed by atoms with Crippen LogP contribution in [0.5, 0.6) is 0 Å². The molecule has 0 amide bonds. The van der Waals surface area contributed by atoms with Crippen molar-refractivity contribution >= 4 is 0 Å². The number of hydrogen-bond acceptors (Lipinski definition) is 1. The largest absolute Gasteiger partial charge is 0.468 e. The maximum Gasteiger partial charge on any atom is 0.0750 e. The summed E-state index contributed by atoms with van der Waals surface area (Å²) in [6, 6.07) is 0. The Hall–Kier alpha value is -0.0800. The highest BCUT2D eigenvalue weighted by Crippen LogP contribution is 2.19. The third-order valence-corrected chi connectivity index (χ3v) is 2.55. The quantitative estimate of drug-likeness (QED) is 0.480. The molecule has 0 aromatic heterocycles. The van der Waals surface area contributed by atoms with Crippen molar-refractivity contribution in [3.63, 3.8) is 0 Å². The zero-order valence-corrected chi connectivity index (χ0v) is 6.69. The van der Waals surface area contributed by atoms with Crippen LogP contribution in [0.1, 0.15) is 26.2 Å². The Morgan fingerprint density at radius 3 is 2.40 bits per heavy atom. The summed E-state index contributed by atoms with van der Waals surface area (Å²) in [5.41, 5.74) is -0.360. The number of quaternary nitrogens is 1. The van der Waals surface area contributed by atoms with E-state index in [2.05, 4.69) is 7.05 Å². The second-order valence-electron chi connectivity index (χ2n) is 3.33. The van der Waals surface area contributed by atoms with Crippen molar-refractivity contribution in [2.24, 2.45) is 0 Å². The monoisotopic (exact) mass is 143 g/mol. The summed E-state index contributed by atoms with van der Waals surface area (Å²) in [5, 5.41) is 9.76. The molecule has 2 nitrogen and oxygen atoms in total. The molecular formula is C8H17NO. The van der Waals surface area contributed by atoms with Gasteiger partial charge < -0.3 is 10.0 Å². The standard InChI is InChI=1S/C8H17NO/c1-3-8(10)4-6-9(2)7-5-8/h9-10H,2-7H2,1H3. The fourth-order valence-corrected chi connectivity index (χ4v) is 1.42. The molecule has 0 aromatic carbocycles. The van der Waals surface area contributed by atoms with Crippen LogP contribution in [0.15, 0.2) is 0 Å². The first kappa shape index (κ1) is 8.02. The number of nitrogens with one attached hydrogen (secondary N) is 1. The molecule has 1 heterocycles. The highest BCUT2D eigenvalue weighted by molar-refractivity contribution is 4.77. The van der Waals surface area contributed by atoms with Crippen molar-refractivity contribution in [3.05, 3.63) is 7.05 Å². The molecule has 0 aliphatic carbocycles. The van der Waals surface area contributed by atoms with E-state index in [-0.39, 0.29) is 5.60 Å². The number of rotatable bonds is 1. The van der Waals surface area contributed by atoms with Crippen molar-refractivity contribution in [1.82, 2.24) is 0 Å². The first-order valence-corrected chi connectivity index (χ1v) is 4.05. The van der Waals surface area contributed by atoms with Gasteiger partial charge in [-0.2, -0.15) is 7.05 Å². The second kappa shape index (κ2) is 2.89. The summed E-state index contributed by atoms with van der Waals surface area (Å²) >= 11 is 0. The molecule has 0 saturated carbocycles. The van der Waals surface area contributed by atoms with Crippen LogP contribution in [0.3, 0.4) is 0 Å². The van der Waals surface area contributed by atoms with Gasteiger partial charge in [0.25, 0.3) is 0 Å². The molecule has 0 aromatic rings. The molecule has 2 N–H and O–H groups in total. The predicted octanol–water partition coefficient (Wildman–Crippen LogP) is -0.402. The van der Waals surface area contributed by atoms with Gasteiger partial charge in [-0.3, -0.25) is 0 Å². The first-order chi connectivity index (χ1) is 4.66. The average molecular weight is 143 g/mol. The van der Waals surface area contributed by atoms with E-state index in [1.54, 1.807) is 0 Å². The molecule has 60 valence electrons. The van der Waals surface area contributed by atoms with Crippen LogP contribution in [0.4, 0.5) is 0 Å². The molecule has 1 rings (SSSR count). The molecule has 0 atom stereocenters. The Morgan fingerprint density at radius 2 is 2.00 bits per heavy atom. The summed E-state index contributed by atoms with van der Waals surface area (Å²) in [7, 11) is 3.90. The molecule has 1 aliphatic heterocycles. The molecule has 0 bridgehead atoms. The third kappa shape index (κ3) is 1.70. The fraction of sp³-hybridized carbons (Fsp3) is 0.875. The van der Waals surface area contributed by atoms with Crippen LogP contribution in [0, 0.1) is 7.05 Å². The molecule has 1 saturated heterocycles. The van der Waals surface area contributed by atoms with Gasteiger partial charge in [0.05, 0.1) is 18.7 Å². The Morgan fingerprint density at radius 1 is 1.50 bits per heavy atom. The lowest BCUT2D eigenvalue weighted by atomic mass is 9.89. The Balaban J connectivity index is 2.38. The molecule has 0 spiro atoms. The second-order valence-corrected chi connectivity index (χ2v) is 3.33. The van der Waals surface area contributed by atoms with Crippen molar-refractivity contribution < 1.29 is 10.0 Å². The van der Waals surface area contributed by atoms with Gasteiger partial charge in [-0.15, -0.1) is 0 Å². The van der Waals surface area contributed by atoms with Crippen LogP contribution in [-0.4, -0.2) is 23.8 Å². The normalized spacial score (nSPS) is 41.7. The van der Waals surface area contributed by atoms with E-state index >= 15 is 0 Å². The summed E-state index contributed by atoms with van der Waals surface area (Å²) in [4.78, 5) is 1.30. The van der Waals surface area contributed by atoms with Crippen LogP contribution in [0.25, 0.3) is 0 Å². The van der Waals surface area contributed by atoms with Gasteiger partial charge in [-0.25, -0.2) is 0 Å². The molecule has 1 aliphatic rings. The maximum atomic E-state index is 9.76. The number of likely N-dealkylation sites (tertiary alicyclic amines) is 1. The van der Waals surface area contributed by atoms with Gasteiger partial charge in [0.2, 0.25) is 0 Å². The van der Waals surface area contributed by atoms with Crippen LogP contribution < -0.4 is 4.90 Å². The van der Waals surface area contributed by atoms with Gasteiger partial charge in [-0.05, 0) is 6.42 Å². The molecule has 1 fully saturated rings. The highest BCUT2D eigenvalue weighted by atomic mass is 16.3. The third-order valence-electron chi connectivity index (χ3n) is 2.55. The Bertz CT molecular complexity index is 106. The van der Waals surface area contributed by atoms with Crippen molar-refractivity contribution in [2.45, 2.75) is 31.8 Å². The van der Waals surface area contributed by atoms with Crippen molar-refractivity contribution in [3.8, 4) is 0 Å². The van der Waals surface area contributed by atoms with E-state index in [1.165, 1.54) is 4.90 Å². The summed E-state index contributed by atoms with van der Waals surface area (Å²) in [6.45, 7) is 4.09.